The lowest BCUT2D eigenvalue weighted by Gasteiger charge is -2.34. The maximum absolute atomic E-state index is 6.15. The van der Waals surface area contributed by atoms with Gasteiger partial charge in [-0.05, 0) is 30.3 Å². The van der Waals surface area contributed by atoms with Crippen LogP contribution in [0.25, 0.3) is 17.0 Å². The van der Waals surface area contributed by atoms with Crippen LogP contribution in [0.1, 0.15) is 11.7 Å². The molecule has 0 spiro atoms. The molecule has 0 aliphatic carbocycles. The molecule has 4 heterocycles. The number of rotatable bonds is 4. The van der Waals surface area contributed by atoms with Gasteiger partial charge in [-0.1, -0.05) is 28.4 Å². The first-order valence-corrected chi connectivity index (χ1v) is 10.3. The average Bonchev–Trinajstić information content (AvgIpc) is 3.33. The van der Waals surface area contributed by atoms with Crippen LogP contribution in [-0.2, 0) is 6.54 Å². The lowest BCUT2D eigenvalue weighted by atomic mass is 10.2. The van der Waals surface area contributed by atoms with Crippen molar-refractivity contribution < 1.29 is 4.52 Å². The molecule has 0 unspecified atom stereocenters. The van der Waals surface area contributed by atoms with Crippen LogP contribution in [0.5, 0.6) is 0 Å². The predicted octanol–water partition coefficient (Wildman–Crippen LogP) is 3.11. The van der Waals surface area contributed by atoms with E-state index in [1.54, 1.807) is 29.6 Å². The maximum Gasteiger partial charge on any atom is 0.223 e. The molecular formula is C19H18Cl2N8O. The van der Waals surface area contributed by atoms with Crippen molar-refractivity contribution in [3.63, 3.8) is 0 Å². The maximum atomic E-state index is 6.15. The summed E-state index contributed by atoms with van der Waals surface area (Å²) >= 11 is 12.3. The second-order valence-corrected chi connectivity index (χ2v) is 8.01. The third-order valence-electron chi connectivity index (χ3n) is 5.00. The molecule has 154 valence electrons. The van der Waals surface area contributed by atoms with Gasteiger partial charge in [0, 0.05) is 48.7 Å². The molecule has 0 radical (unpaired) electrons. The van der Waals surface area contributed by atoms with E-state index in [-0.39, 0.29) is 0 Å². The minimum atomic E-state index is 0.540. The molecule has 0 atom stereocenters. The number of hydrogen-bond donors (Lipinski definition) is 0. The largest absolute Gasteiger partial charge is 0.353 e. The molecular weight excluding hydrogens is 427 g/mol. The van der Waals surface area contributed by atoms with Crippen LogP contribution >= 0.6 is 23.2 Å². The fraction of sp³-hybridized carbons (Fsp3) is 0.316. The Bertz CT molecular complexity index is 1180. The van der Waals surface area contributed by atoms with Crippen LogP contribution in [0.3, 0.4) is 0 Å². The third-order valence-corrected chi connectivity index (χ3v) is 5.44. The quantitative estimate of drug-likeness (QED) is 0.474. The highest BCUT2D eigenvalue weighted by molar-refractivity contribution is 6.35. The third kappa shape index (κ3) is 3.83. The van der Waals surface area contributed by atoms with Gasteiger partial charge in [-0.2, -0.15) is 9.50 Å². The van der Waals surface area contributed by atoms with Crippen LogP contribution in [0, 0.1) is 6.92 Å². The van der Waals surface area contributed by atoms with Gasteiger partial charge in [-0.25, -0.2) is 0 Å². The van der Waals surface area contributed by atoms with E-state index in [1.165, 1.54) is 0 Å². The van der Waals surface area contributed by atoms with Crippen LogP contribution in [-0.4, -0.2) is 61.0 Å². The zero-order valence-electron chi connectivity index (χ0n) is 16.2. The summed E-state index contributed by atoms with van der Waals surface area (Å²) in [6, 6.07) is 9.17. The molecule has 1 saturated heterocycles. The minimum absolute atomic E-state index is 0.540. The van der Waals surface area contributed by atoms with Crippen molar-refractivity contribution in [2.75, 3.05) is 31.1 Å². The Balaban J connectivity index is 1.35. The molecule has 3 aromatic heterocycles. The van der Waals surface area contributed by atoms with Gasteiger partial charge in [-0.15, -0.1) is 15.3 Å². The van der Waals surface area contributed by atoms with Crippen molar-refractivity contribution in [3.05, 3.63) is 52.1 Å². The van der Waals surface area contributed by atoms with E-state index in [2.05, 4.69) is 30.1 Å². The molecule has 1 aromatic carbocycles. The summed E-state index contributed by atoms with van der Waals surface area (Å²) in [6.07, 6.45) is 0. The molecule has 1 aliphatic heterocycles. The van der Waals surface area contributed by atoms with Gasteiger partial charge in [-0.3, -0.25) is 4.90 Å². The molecule has 5 rings (SSSR count). The number of benzene rings is 1. The predicted molar refractivity (Wildman–Crippen MR) is 113 cm³/mol. The first-order valence-electron chi connectivity index (χ1n) is 9.50. The second-order valence-electron chi connectivity index (χ2n) is 7.14. The van der Waals surface area contributed by atoms with Crippen LogP contribution in [0.4, 0.5) is 5.82 Å². The molecule has 0 N–H and O–H groups in total. The second kappa shape index (κ2) is 7.82. The number of anilines is 1. The summed E-state index contributed by atoms with van der Waals surface area (Å²) in [7, 11) is 0. The molecule has 0 saturated carbocycles. The van der Waals surface area contributed by atoms with E-state index >= 15 is 0 Å². The van der Waals surface area contributed by atoms with Crippen LogP contribution in [0.15, 0.2) is 34.9 Å². The van der Waals surface area contributed by atoms with Gasteiger partial charge < -0.3 is 9.42 Å². The Morgan fingerprint density at radius 1 is 1.00 bits per heavy atom. The first kappa shape index (κ1) is 19.2. The highest BCUT2D eigenvalue weighted by atomic mass is 35.5. The fourth-order valence-electron chi connectivity index (χ4n) is 3.55. The summed E-state index contributed by atoms with van der Waals surface area (Å²) in [4.78, 5) is 8.82. The number of nitrogens with zero attached hydrogens (tertiary/aromatic N) is 8. The monoisotopic (exact) mass is 444 g/mol. The standard InChI is InChI=1S/C19H18Cl2N8O/c1-12-22-16(26-30-12)11-27-4-6-28(7-5-27)18-3-2-17-23-24-19(29(17)25-18)13-8-14(20)10-15(21)9-13/h2-3,8-10H,4-7,11H2,1H3. The summed E-state index contributed by atoms with van der Waals surface area (Å²) in [6.45, 7) is 5.93. The van der Waals surface area contributed by atoms with E-state index in [4.69, 9.17) is 32.8 Å². The molecule has 0 amide bonds. The molecule has 30 heavy (non-hydrogen) atoms. The Morgan fingerprint density at radius 2 is 1.77 bits per heavy atom. The van der Waals surface area contributed by atoms with E-state index in [1.807, 2.05) is 12.1 Å². The summed E-state index contributed by atoms with van der Waals surface area (Å²) < 4.78 is 6.78. The molecule has 4 aromatic rings. The Morgan fingerprint density at radius 3 is 2.47 bits per heavy atom. The van der Waals surface area contributed by atoms with Crippen molar-refractivity contribution in [2.24, 2.45) is 0 Å². The number of halogens is 2. The number of aryl methyl sites for hydroxylation is 1. The summed E-state index contributed by atoms with van der Waals surface area (Å²) in [5, 5.41) is 18.3. The van der Waals surface area contributed by atoms with Crippen molar-refractivity contribution in [1.29, 1.82) is 0 Å². The molecule has 9 nitrogen and oxygen atoms in total. The number of fused-ring (bicyclic) bond motifs is 1. The van der Waals surface area contributed by atoms with Gasteiger partial charge in [0.15, 0.2) is 17.3 Å². The van der Waals surface area contributed by atoms with Crippen LogP contribution < -0.4 is 4.90 Å². The zero-order valence-corrected chi connectivity index (χ0v) is 17.7. The van der Waals surface area contributed by atoms with Crippen molar-refractivity contribution in [2.45, 2.75) is 13.5 Å². The lowest BCUT2D eigenvalue weighted by Crippen LogP contribution is -2.46. The summed E-state index contributed by atoms with van der Waals surface area (Å²) in [5.41, 5.74) is 1.43. The Labute approximate surface area is 182 Å². The average molecular weight is 445 g/mol. The number of piperazine rings is 1. The smallest absolute Gasteiger partial charge is 0.223 e. The van der Waals surface area contributed by atoms with E-state index < -0.39 is 0 Å². The Kier molecular flexibility index (Phi) is 5.01. The normalized spacial score (nSPS) is 15.2. The van der Waals surface area contributed by atoms with Crippen molar-refractivity contribution in [3.8, 4) is 11.4 Å². The Hall–Kier alpha value is -2.75. The van der Waals surface area contributed by atoms with Gasteiger partial charge in [0.05, 0.1) is 6.54 Å². The van der Waals surface area contributed by atoms with E-state index in [0.29, 0.717) is 34.0 Å². The topological polar surface area (TPSA) is 88.5 Å². The van der Waals surface area contributed by atoms with E-state index in [9.17, 15) is 0 Å². The molecule has 1 aliphatic rings. The fourth-order valence-corrected chi connectivity index (χ4v) is 4.08. The zero-order chi connectivity index (χ0) is 20.7. The first-order chi connectivity index (χ1) is 14.5. The SMILES string of the molecule is Cc1nc(CN2CCN(c3ccc4nnc(-c5cc(Cl)cc(Cl)c5)n4n3)CC2)no1. The lowest BCUT2D eigenvalue weighted by molar-refractivity contribution is 0.239. The summed E-state index contributed by atoms with van der Waals surface area (Å²) in [5.74, 6) is 2.77. The highest BCUT2D eigenvalue weighted by Crippen LogP contribution is 2.27. The minimum Gasteiger partial charge on any atom is -0.353 e. The van der Waals surface area contributed by atoms with Gasteiger partial charge >= 0.3 is 0 Å². The number of hydrogen-bond acceptors (Lipinski definition) is 8. The number of aromatic nitrogens is 6. The molecule has 11 heteroatoms. The van der Waals surface area contributed by atoms with Crippen molar-refractivity contribution in [1.82, 2.24) is 34.9 Å². The molecule has 0 bridgehead atoms. The molecule has 1 fully saturated rings. The van der Waals surface area contributed by atoms with Gasteiger partial charge in [0.25, 0.3) is 0 Å². The van der Waals surface area contributed by atoms with Gasteiger partial charge in [0.1, 0.15) is 5.82 Å². The van der Waals surface area contributed by atoms with Crippen LogP contribution in [0.2, 0.25) is 10.0 Å². The van der Waals surface area contributed by atoms with E-state index in [0.717, 1.165) is 43.4 Å². The highest BCUT2D eigenvalue weighted by Gasteiger charge is 2.21. The van der Waals surface area contributed by atoms with Crippen molar-refractivity contribution >= 4 is 34.7 Å². The van der Waals surface area contributed by atoms with Gasteiger partial charge in [0.2, 0.25) is 5.89 Å².